The summed E-state index contributed by atoms with van der Waals surface area (Å²) in [6.45, 7) is 0.601. The summed E-state index contributed by atoms with van der Waals surface area (Å²) in [6.07, 6.45) is 0.424. The Kier molecular flexibility index (Phi) is 3.91. The summed E-state index contributed by atoms with van der Waals surface area (Å²) < 4.78 is 23.1. The third kappa shape index (κ3) is 3.32. The summed E-state index contributed by atoms with van der Waals surface area (Å²) in [5, 5.41) is 11.1. The van der Waals surface area contributed by atoms with E-state index in [4.69, 9.17) is 11.6 Å². The summed E-state index contributed by atoms with van der Waals surface area (Å²) >= 11 is 5.76. The number of nitro groups is 1. The molecule has 2 heterocycles. The zero-order valence-electron chi connectivity index (χ0n) is 9.95. The zero-order valence-corrected chi connectivity index (χ0v) is 11.5. The van der Waals surface area contributed by atoms with Gasteiger partial charge in [0.1, 0.15) is 5.15 Å². The van der Waals surface area contributed by atoms with Gasteiger partial charge in [0.05, 0.1) is 16.4 Å². The molecule has 2 rings (SSSR count). The Labute approximate surface area is 115 Å². The largest absolute Gasteiger partial charge is 0.350 e. The van der Waals surface area contributed by atoms with E-state index in [-0.39, 0.29) is 34.7 Å². The molecule has 1 aliphatic rings. The van der Waals surface area contributed by atoms with Crippen molar-refractivity contribution in [3.05, 3.63) is 27.4 Å². The van der Waals surface area contributed by atoms with Gasteiger partial charge >= 0.3 is 5.69 Å². The lowest BCUT2D eigenvalue weighted by Gasteiger charge is -2.20. The van der Waals surface area contributed by atoms with Crippen LogP contribution in [0.1, 0.15) is 6.42 Å². The molecule has 0 radical (unpaired) electrons. The van der Waals surface area contributed by atoms with Gasteiger partial charge in [-0.25, -0.2) is 13.4 Å². The lowest BCUT2D eigenvalue weighted by molar-refractivity contribution is -0.384. The van der Waals surface area contributed by atoms with Crippen LogP contribution < -0.4 is 4.90 Å². The Morgan fingerprint density at radius 2 is 2.05 bits per heavy atom. The quantitative estimate of drug-likeness (QED) is 0.464. The van der Waals surface area contributed by atoms with Gasteiger partial charge in [-0.3, -0.25) is 10.1 Å². The van der Waals surface area contributed by atoms with Crippen LogP contribution in [0.4, 0.5) is 11.5 Å². The molecular weight excluding hydrogens is 294 g/mol. The molecule has 0 amide bonds. The molecule has 0 aromatic carbocycles. The number of sulfone groups is 1. The molecule has 0 N–H and O–H groups in total. The Bertz CT molecular complexity index is 605. The standard InChI is InChI=1S/C10H12ClN3O4S/c11-9-3-2-8(14(15)16)10(12-9)13-4-1-6-19(17,18)7-5-13/h2-3H,1,4-7H2. The summed E-state index contributed by atoms with van der Waals surface area (Å²) in [5.41, 5.74) is -0.163. The van der Waals surface area contributed by atoms with Crippen LogP contribution >= 0.6 is 11.6 Å². The van der Waals surface area contributed by atoms with Crippen molar-refractivity contribution in [2.24, 2.45) is 0 Å². The zero-order chi connectivity index (χ0) is 14.0. The van der Waals surface area contributed by atoms with Crippen LogP contribution in [0.15, 0.2) is 12.1 Å². The molecule has 0 spiro atoms. The first kappa shape index (κ1) is 14.0. The number of hydrogen-bond acceptors (Lipinski definition) is 6. The maximum Gasteiger partial charge on any atom is 0.311 e. The van der Waals surface area contributed by atoms with Crippen molar-refractivity contribution >= 4 is 32.9 Å². The molecule has 0 aliphatic carbocycles. The van der Waals surface area contributed by atoms with E-state index in [0.717, 1.165) is 0 Å². The third-order valence-corrected chi connectivity index (χ3v) is 4.80. The van der Waals surface area contributed by atoms with E-state index in [1.54, 1.807) is 4.90 Å². The number of rotatable bonds is 2. The lowest BCUT2D eigenvalue weighted by atomic mass is 10.3. The normalized spacial score (nSPS) is 18.9. The smallest absolute Gasteiger partial charge is 0.311 e. The Morgan fingerprint density at radius 3 is 2.74 bits per heavy atom. The predicted molar refractivity (Wildman–Crippen MR) is 71.4 cm³/mol. The van der Waals surface area contributed by atoms with Crippen molar-refractivity contribution in [1.29, 1.82) is 0 Å². The molecule has 0 atom stereocenters. The second-order valence-corrected chi connectivity index (χ2v) is 6.92. The highest BCUT2D eigenvalue weighted by atomic mass is 35.5. The second-order valence-electron chi connectivity index (χ2n) is 4.23. The van der Waals surface area contributed by atoms with Crippen molar-refractivity contribution in [1.82, 2.24) is 4.98 Å². The highest BCUT2D eigenvalue weighted by Crippen LogP contribution is 2.28. The van der Waals surface area contributed by atoms with Gasteiger partial charge in [-0.05, 0) is 12.5 Å². The van der Waals surface area contributed by atoms with E-state index >= 15 is 0 Å². The van der Waals surface area contributed by atoms with Crippen LogP contribution in [0, 0.1) is 10.1 Å². The van der Waals surface area contributed by atoms with Gasteiger partial charge < -0.3 is 4.90 Å². The summed E-state index contributed by atoms with van der Waals surface area (Å²) in [6, 6.07) is 2.63. The molecule has 9 heteroatoms. The number of aromatic nitrogens is 1. The number of anilines is 1. The molecular formula is C10H12ClN3O4S. The van der Waals surface area contributed by atoms with E-state index in [0.29, 0.717) is 13.0 Å². The molecule has 7 nitrogen and oxygen atoms in total. The van der Waals surface area contributed by atoms with Crippen molar-refractivity contribution in [2.45, 2.75) is 6.42 Å². The fraction of sp³-hybridized carbons (Fsp3) is 0.500. The minimum atomic E-state index is -3.08. The van der Waals surface area contributed by atoms with Crippen LogP contribution in [0.3, 0.4) is 0 Å². The average Bonchev–Trinajstić information content (AvgIpc) is 2.49. The van der Waals surface area contributed by atoms with E-state index in [2.05, 4.69) is 4.98 Å². The maximum absolute atomic E-state index is 11.5. The van der Waals surface area contributed by atoms with Crippen LogP contribution in [-0.4, -0.2) is 42.9 Å². The predicted octanol–water partition coefficient (Wildman–Crippen LogP) is 1.27. The van der Waals surface area contributed by atoms with Gasteiger partial charge in [-0.2, -0.15) is 0 Å². The first-order chi connectivity index (χ1) is 8.89. The Morgan fingerprint density at radius 1 is 1.32 bits per heavy atom. The SMILES string of the molecule is O=[N+]([O-])c1ccc(Cl)nc1N1CCCS(=O)(=O)CC1. The van der Waals surface area contributed by atoms with E-state index in [1.807, 2.05) is 0 Å². The molecule has 1 aliphatic heterocycles. The molecule has 0 saturated carbocycles. The van der Waals surface area contributed by atoms with Gasteiger partial charge in [0.25, 0.3) is 0 Å². The van der Waals surface area contributed by atoms with Gasteiger partial charge in [0.2, 0.25) is 5.82 Å². The molecule has 0 bridgehead atoms. The van der Waals surface area contributed by atoms with Crippen molar-refractivity contribution in [3.8, 4) is 0 Å². The molecule has 104 valence electrons. The number of hydrogen-bond donors (Lipinski definition) is 0. The van der Waals surface area contributed by atoms with Gasteiger partial charge in [0, 0.05) is 19.2 Å². The van der Waals surface area contributed by atoms with Crippen molar-refractivity contribution in [2.75, 3.05) is 29.5 Å². The first-order valence-electron chi connectivity index (χ1n) is 5.65. The van der Waals surface area contributed by atoms with Crippen LogP contribution in [0.2, 0.25) is 5.15 Å². The Balaban J connectivity index is 2.35. The van der Waals surface area contributed by atoms with Gasteiger partial charge in [0.15, 0.2) is 9.84 Å². The Hall–Kier alpha value is -1.41. The van der Waals surface area contributed by atoms with Crippen molar-refractivity contribution in [3.63, 3.8) is 0 Å². The first-order valence-corrected chi connectivity index (χ1v) is 7.85. The third-order valence-electron chi connectivity index (χ3n) is 2.87. The second kappa shape index (κ2) is 5.30. The summed E-state index contributed by atoms with van der Waals surface area (Å²) in [7, 11) is -3.08. The molecule has 1 fully saturated rings. The highest BCUT2D eigenvalue weighted by Gasteiger charge is 2.26. The fourth-order valence-corrected chi connectivity index (χ4v) is 3.36. The van der Waals surface area contributed by atoms with E-state index in [1.165, 1.54) is 12.1 Å². The van der Waals surface area contributed by atoms with E-state index in [9.17, 15) is 18.5 Å². The van der Waals surface area contributed by atoms with Crippen LogP contribution in [0.5, 0.6) is 0 Å². The molecule has 1 saturated heterocycles. The fourth-order valence-electron chi connectivity index (χ4n) is 1.94. The average molecular weight is 306 g/mol. The number of halogens is 1. The minimum Gasteiger partial charge on any atom is -0.350 e. The highest BCUT2D eigenvalue weighted by molar-refractivity contribution is 7.91. The van der Waals surface area contributed by atoms with Crippen molar-refractivity contribution < 1.29 is 13.3 Å². The minimum absolute atomic E-state index is 0.0294. The van der Waals surface area contributed by atoms with Crippen LogP contribution in [-0.2, 0) is 9.84 Å². The van der Waals surface area contributed by atoms with Gasteiger partial charge in [-0.1, -0.05) is 11.6 Å². The monoisotopic (exact) mass is 305 g/mol. The molecule has 1 aromatic rings. The van der Waals surface area contributed by atoms with E-state index < -0.39 is 14.8 Å². The summed E-state index contributed by atoms with van der Waals surface area (Å²) in [4.78, 5) is 16.0. The van der Waals surface area contributed by atoms with Crippen LogP contribution in [0.25, 0.3) is 0 Å². The van der Waals surface area contributed by atoms with Gasteiger partial charge in [-0.15, -0.1) is 0 Å². The topological polar surface area (TPSA) is 93.4 Å². The number of pyridine rings is 1. The maximum atomic E-state index is 11.5. The number of nitrogens with zero attached hydrogens (tertiary/aromatic N) is 3. The molecule has 1 aromatic heterocycles. The molecule has 19 heavy (non-hydrogen) atoms. The summed E-state index contributed by atoms with van der Waals surface area (Å²) in [5.74, 6) is 0.200. The molecule has 0 unspecified atom stereocenters. The lowest BCUT2D eigenvalue weighted by Crippen LogP contribution is -2.28.